The van der Waals surface area contributed by atoms with E-state index >= 15 is 0 Å². The van der Waals surface area contributed by atoms with Crippen molar-refractivity contribution in [3.8, 4) is 22.3 Å². The number of hydrogen-bond donors (Lipinski definition) is 0. The molecule has 0 bridgehead atoms. The van der Waals surface area contributed by atoms with Gasteiger partial charge in [-0.2, -0.15) is 0 Å². The van der Waals surface area contributed by atoms with Gasteiger partial charge in [-0.1, -0.05) is 54.6 Å². The molecule has 0 heterocycles. The Labute approximate surface area is 120 Å². The second-order valence-corrected chi connectivity index (χ2v) is 4.66. The van der Waals surface area contributed by atoms with Gasteiger partial charge in [-0.15, -0.1) is 0 Å². The molecule has 0 aromatic heterocycles. The summed E-state index contributed by atoms with van der Waals surface area (Å²) in [6.45, 7) is 0. The number of hydrogen-bond acceptors (Lipinski definition) is 0. The van der Waals surface area contributed by atoms with Crippen LogP contribution < -0.4 is 0 Å². The van der Waals surface area contributed by atoms with E-state index in [-0.39, 0.29) is 11.1 Å². The van der Waals surface area contributed by atoms with Crippen molar-refractivity contribution in [2.75, 3.05) is 0 Å². The molecule has 0 radical (unpaired) electrons. The minimum absolute atomic E-state index is 0.0479. The predicted octanol–water partition coefficient (Wildman–Crippen LogP) is 5.44. The molecule has 3 heteroatoms. The SMILES string of the molecule is Fc1cc(-c2ccccc2)ccc1-c1cccc(F)c1F. The lowest BCUT2D eigenvalue weighted by molar-refractivity contribution is 0.510. The summed E-state index contributed by atoms with van der Waals surface area (Å²) >= 11 is 0. The molecular weight excluding hydrogens is 273 g/mol. The minimum Gasteiger partial charge on any atom is -0.206 e. The van der Waals surface area contributed by atoms with Gasteiger partial charge in [-0.05, 0) is 23.3 Å². The van der Waals surface area contributed by atoms with Crippen molar-refractivity contribution in [3.05, 3.63) is 84.2 Å². The highest BCUT2D eigenvalue weighted by Crippen LogP contribution is 2.30. The lowest BCUT2D eigenvalue weighted by atomic mass is 9.99. The smallest absolute Gasteiger partial charge is 0.166 e. The fraction of sp³-hybridized carbons (Fsp3) is 0. The van der Waals surface area contributed by atoms with Crippen molar-refractivity contribution in [1.82, 2.24) is 0 Å². The Morgan fingerprint density at radius 3 is 2.00 bits per heavy atom. The average Bonchev–Trinajstić information content (AvgIpc) is 2.51. The predicted molar refractivity (Wildman–Crippen MR) is 77.2 cm³/mol. The van der Waals surface area contributed by atoms with Crippen molar-refractivity contribution in [3.63, 3.8) is 0 Å². The maximum Gasteiger partial charge on any atom is 0.166 e. The van der Waals surface area contributed by atoms with E-state index in [1.54, 1.807) is 6.07 Å². The van der Waals surface area contributed by atoms with E-state index in [4.69, 9.17) is 0 Å². The average molecular weight is 284 g/mol. The fourth-order valence-corrected chi connectivity index (χ4v) is 2.26. The highest BCUT2D eigenvalue weighted by molar-refractivity contribution is 5.71. The summed E-state index contributed by atoms with van der Waals surface area (Å²) in [5.74, 6) is -2.61. The van der Waals surface area contributed by atoms with Gasteiger partial charge >= 0.3 is 0 Å². The van der Waals surface area contributed by atoms with E-state index in [0.717, 1.165) is 11.6 Å². The van der Waals surface area contributed by atoms with E-state index in [9.17, 15) is 13.2 Å². The molecule has 3 aromatic carbocycles. The lowest BCUT2D eigenvalue weighted by Gasteiger charge is -2.08. The summed E-state index contributed by atoms with van der Waals surface area (Å²) in [5, 5.41) is 0. The van der Waals surface area contributed by atoms with Gasteiger partial charge in [-0.3, -0.25) is 0 Å². The molecule has 0 amide bonds. The molecule has 0 aliphatic rings. The van der Waals surface area contributed by atoms with Crippen LogP contribution in [0.15, 0.2) is 66.7 Å². The monoisotopic (exact) mass is 284 g/mol. The molecule has 21 heavy (non-hydrogen) atoms. The van der Waals surface area contributed by atoms with Crippen molar-refractivity contribution in [2.24, 2.45) is 0 Å². The maximum absolute atomic E-state index is 14.2. The molecule has 0 saturated carbocycles. The summed E-state index contributed by atoms with van der Waals surface area (Å²) in [4.78, 5) is 0. The second-order valence-electron chi connectivity index (χ2n) is 4.66. The molecule has 0 N–H and O–H groups in total. The molecule has 0 fully saturated rings. The Hall–Kier alpha value is -2.55. The Morgan fingerprint density at radius 1 is 0.524 bits per heavy atom. The zero-order chi connectivity index (χ0) is 14.8. The van der Waals surface area contributed by atoms with Crippen molar-refractivity contribution < 1.29 is 13.2 Å². The quantitative estimate of drug-likeness (QED) is 0.588. The first-order valence-electron chi connectivity index (χ1n) is 6.46. The lowest BCUT2D eigenvalue weighted by Crippen LogP contribution is -1.92. The minimum atomic E-state index is -1.04. The van der Waals surface area contributed by atoms with Gasteiger partial charge in [0.2, 0.25) is 0 Å². The molecule has 3 aromatic rings. The number of rotatable bonds is 2. The van der Waals surface area contributed by atoms with Crippen LogP contribution in [0.3, 0.4) is 0 Å². The van der Waals surface area contributed by atoms with E-state index in [1.165, 1.54) is 24.3 Å². The normalized spacial score (nSPS) is 10.6. The van der Waals surface area contributed by atoms with Crippen LogP contribution in [0.5, 0.6) is 0 Å². The Kier molecular flexibility index (Phi) is 3.48. The van der Waals surface area contributed by atoms with Gasteiger partial charge in [0, 0.05) is 11.1 Å². The van der Waals surface area contributed by atoms with Gasteiger partial charge in [0.05, 0.1) is 0 Å². The molecule has 0 atom stereocenters. The topological polar surface area (TPSA) is 0 Å². The van der Waals surface area contributed by atoms with Crippen LogP contribution in [0.2, 0.25) is 0 Å². The van der Waals surface area contributed by atoms with Gasteiger partial charge < -0.3 is 0 Å². The second kappa shape index (κ2) is 5.44. The van der Waals surface area contributed by atoms with Crippen molar-refractivity contribution in [2.45, 2.75) is 0 Å². The summed E-state index contributed by atoms with van der Waals surface area (Å²) in [7, 11) is 0. The van der Waals surface area contributed by atoms with Crippen LogP contribution in [-0.2, 0) is 0 Å². The summed E-state index contributed by atoms with van der Waals surface area (Å²) in [6, 6.07) is 17.5. The first kappa shape index (κ1) is 13.4. The van der Waals surface area contributed by atoms with E-state index in [2.05, 4.69) is 0 Å². The fourth-order valence-electron chi connectivity index (χ4n) is 2.26. The Bertz CT molecular complexity index is 780. The van der Waals surface area contributed by atoms with Crippen LogP contribution in [0, 0.1) is 17.5 Å². The first-order valence-corrected chi connectivity index (χ1v) is 6.46. The van der Waals surface area contributed by atoms with Crippen molar-refractivity contribution in [1.29, 1.82) is 0 Å². The third-order valence-corrected chi connectivity index (χ3v) is 3.32. The highest BCUT2D eigenvalue weighted by atomic mass is 19.2. The molecule has 3 rings (SSSR count). The molecule has 0 unspecified atom stereocenters. The van der Waals surface area contributed by atoms with Gasteiger partial charge in [0.1, 0.15) is 5.82 Å². The van der Waals surface area contributed by atoms with E-state index in [0.29, 0.717) is 5.56 Å². The zero-order valence-corrected chi connectivity index (χ0v) is 11.0. The standard InChI is InChI=1S/C18H11F3/c19-16-8-4-7-15(18(16)21)14-10-9-13(11-17(14)20)12-5-2-1-3-6-12/h1-11H. The van der Waals surface area contributed by atoms with E-state index < -0.39 is 17.5 Å². The van der Waals surface area contributed by atoms with Crippen molar-refractivity contribution >= 4 is 0 Å². The highest BCUT2D eigenvalue weighted by Gasteiger charge is 2.14. The molecule has 0 nitrogen and oxygen atoms in total. The van der Waals surface area contributed by atoms with Gasteiger partial charge in [-0.25, -0.2) is 13.2 Å². The van der Waals surface area contributed by atoms with Gasteiger partial charge in [0.15, 0.2) is 11.6 Å². The van der Waals surface area contributed by atoms with Crippen LogP contribution in [0.4, 0.5) is 13.2 Å². The summed E-state index contributed by atoms with van der Waals surface area (Å²) in [6.07, 6.45) is 0. The van der Waals surface area contributed by atoms with Crippen LogP contribution >= 0.6 is 0 Å². The van der Waals surface area contributed by atoms with Crippen LogP contribution in [-0.4, -0.2) is 0 Å². The van der Waals surface area contributed by atoms with E-state index in [1.807, 2.05) is 30.3 Å². The molecule has 0 aliphatic carbocycles. The third kappa shape index (κ3) is 2.55. The molecule has 0 saturated heterocycles. The Balaban J connectivity index is 2.09. The zero-order valence-electron chi connectivity index (χ0n) is 11.0. The molecule has 0 spiro atoms. The maximum atomic E-state index is 14.2. The van der Waals surface area contributed by atoms with Gasteiger partial charge in [0.25, 0.3) is 0 Å². The van der Waals surface area contributed by atoms with Crippen LogP contribution in [0.25, 0.3) is 22.3 Å². The molecular formula is C18H11F3. The first-order chi connectivity index (χ1) is 10.2. The summed E-state index contributed by atoms with van der Waals surface area (Å²) in [5.41, 5.74) is 1.52. The van der Waals surface area contributed by atoms with Crippen LogP contribution in [0.1, 0.15) is 0 Å². The Morgan fingerprint density at radius 2 is 1.29 bits per heavy atom. The third-order valence-electron chi connectivity index (χ3n) is 3.32. The molecule has 104 valence electrons. The summed E-state index contributed by atoms with van der Waals surface area (Å²) < 4.78 is 41.2. The molecule has 0 aliphatic heterocycles. The number of halogens is 3. The largest absolute Gasteiger partial charge is 0.206 e. The number of benzene rings is 3.